The van der Waals surface area contributed by atoms with Gasteiger partial charge in [-0.05, 0) is 141 Å². The Bertz CT molecular complexity index is 2230. The van der Waals surface area contributed by atoms with Crippen molar-refractivity contribution in [2.45, 2.75) is 367 Å². The van der Waals surface area contributed by atoms with Crippen molar-refractivity contribution in [1.29, 1.82) is 0 Å². The van der Waals surface area contributed by atoms with Gasteiger partial charge >= 0.3 is 39.5 Å². The number of ether oxygens (including phenoxy) is 4. The zero-order valence-corrected chi connectivity index (χ0v) is 65.2. The Morgan fingerprint density at radius 2 is 0.500 bits per heavy atom. The van der Waals surface area contributed by atoms with Gasteiger partial charge in [0.2, 0.25) is 0 Å². The SMILES string of the molecule is CCCCC/C=C\C/C=C\C/C=C\C/C=C\CCCC(=O)O[C@H](COC(=O)CCCCCCC/C=C\CCCCCC)COP(=O)(O)OC[C@H](O)COP(=O)(O)OC[C@@H](COC(=O)CCCCCCCCC/C=C\CCCCCC)OC(=O)CCCCCCC/C=C\CCCCCCCC. The normalized spacial score (nSPS) is 14.3. The summed E-state index contributed by atoms with van der Waals surface area (Å²) in [5.41, 5.74) is 0. The van der Waals surface area contributed by atoms with Crippen molar-refractivity contribution in [2.75, 3.05) is 39.6 Å². The van der Waals surface area contributed by atoms with Crippen molar-refractivity contribution >= 4 is 39.5 Å². The van der Waals surface area contributed by atoms with E-state index in [4.69, 9.17) is 37.0 Å². The van der Waals surface area contributed by atoms with Gasteiger partial charge in [0.25, 0.3) is 0 Å². The zero-order valence-electron chi connectivity index (χ0n) is 63.4. The van der Waals surface area contributed by atoms with E-state index in [-0.39, 0.29) is 25.7 Å². The monoisotopic (exact) mass is 1450 g/mol. The molecule has 19 heteroatoms. The maximum atomic E-state index is 13.1. The number of hydrogen-bond donors (Lipinski definition) is 3. The Morgan fingerprint density at radius 1 is 0.280 bits per heavy atom. The molecule has 0 radical (unpaired) electrons. The van der Waals surface area contributed by atoms with E-state index in [1.54, 1.807) is 0 Å². The molecular weight excluding hydrogens is 1310 g/mol. The molecular formula is C81H144O17P2. The molecule has 0 aliphatic carbocycles. The van der Waals surface area contributed by atoms with Gasteiger partial charge in [0, 0.05) is 25.7 Å². The number of rotatable bonds is 75. The highest BCUT2D eigenvalue weighted by Crippen LogP contribution is 2.45. The van der Waals surface area contributed by atoms with Crippen LogP contribution in [0.4, 0.5) is 0 Å². The number of hydrogen-bond acceptors (Lipinski definition) is 15. The molecule has 580 valence electrons. The van der Waals surface area contributed by atoms with Gasteiger partial charge in [-0.3, -0.25) is 37.3 Å². The van der Waals surface area contributed by atoms with Crippen LogP contribution in [-0.2, 0) is 65.4 Å². The number of allylic oxidation sites excluding steroid dienone is 14. The average molecular weight is 1450 g/mol. The molecule has 0 bridgehead atoms. The van der Waals surface area contributed by atoms with E-state index >= 15 is 0 Å². The first-order valence-electron chi connectivity index (χ1n) is 39.8. The number of unbranched alkanes of at least 4 members (excludes halogenated alkanes) is 35. The summed E-state index contributed by atoms with van der Waals surface area (Å²) in [5.74, 6) is -2.24. The van der Waals surface area contributed by atoms with E-state index in [1.807, 2.05) is 12.2 Å². The van der Waals surface area contributed by atoms with Crippen LogP contribution >= 0.6 is 15.6 Å². The lowest BCUT2D eigenvalue weighted by atomic mass is 10.1. The molecule has 0 rings (SSSR count). The fourth-order valence-corrected chi connectivity index (χ4v) is 12.2. The van der Waals surface area contributed by atoms with Crippen LogP contribution in [0.25, 0.3) is 0 Å². The minimum absolute atomic E-state index is 0.0188. The summed E-state index contributed by atoms with van der Waals surface area (Å²) in [5, 5.41) is 10.6. The maximum Gasteiger partial charge on any atom is 0.472 e. The molecule has 100 heavy (non-hydrogen) atoms. The Balaban J connectivity index is 5.40. The quantitative estimate of drug-likeness (QED) is 0.0169. The maximum absolute atomic E-state index is 13.1. The van der Waals surface area contributed by atoms with Crippen molar-refractivity contribution in [3.63, 3.8) is 0 Å². The first kappa shape index (κ1) is 96.2. The molecule has 0 aromatic heterocycles. The van der Waals surface area contributed by atoms with Gasteiger partial charge in [0.15, 0.2) is 12.2 Å². The van der Waals surface area contributed by atoms with E-state index in [0.717, 1.165) is 141 Å². The molecule has 0 heterocycles. The highest BCUT2D eigenvalue weighted by Gasteiger charge is 2.30. The minimum atomic E-state index is -4.99. The lowest BCUT2D eigenvalue weighted by Crippen LogP contribution is -2.30. The van der Waals surface area contributed by atoms with Gasteiger partial charge in [0.1, 0.15) is 19.3 Å². The summed E-state index contributed by atoms with van der Waals surface area (Å²) in [6, 6.07) is 0. The van der Waals surface area contributed by atoms with Crippen LogP contribution in [0.5, 0.6) is 0 Å². The molecule has 5 atom stereocenters. The molecule has 0 fully saturated rings. The van der Waals surface area contributed by atoms with Gasteiger partial charge in [-0.2, -0.15) is 0 Å². The second kappa shape index (κ2) is 73.5. The van der Waals surface area contributed by atoms with Crippen LogP contribution in [0, 0.1) is 0 Å². The van der Waals surface area contributed by atoms with Crippen molar-refractivity contribution in [2.24, 2.45) is 0 Å². The molecule has 0 aliphatic heterocycles. The van der Waals surface area contributed by atoms with Crippen molar-refractivity contribution in [3.05, 3.63) is 85.1 Å². The molecule has 0 saturated heterocycles. The number of esters is 4. The standard InChI is InChI=1S/C81H144O17P2/c1-5-9-13-17-21-25-29-33-36-37-40-44-48-52-56-60-64-68-81(86)98-76(71-91-78(83)65-61-57-53-49-45-41-32-28-24-20-16-12-8-4)73-95-99(87,88)93-69-75(82)70-94-100(89,90)96-74-77(97-80(85)67-63-59-55-51-47-43-39-35-31-27-23-19-15-11-7-3)72-92-79(84)66-62-58-54-50-46-42-38-34-30-26-22-18-14-10-6-2/h21,25-26,28,30,32-33,35-36,39-40,44,52,56,75-77,82H,5-20,22-24,27,29,31,34,37-38,41-43,45-51,53-55,57-74H2,1-4H3,(H,87,88)(H,89,90)/b25-21-,30-26-,32-28-,36-33-,39-35-,44-40-,56-52-/t75-,76+,77+/m0/s1. The molecule has 2 unspecified atom stereocenters. The second-order valence-corrected chi connectivity index (χ2v) is 29.5. The van der Waals surface area contributed by atoms with E-state index in [1.165, 1.54) is 122 Å². The summed E-state index contributed by atoms with van der Waals surface area (Å²) in [4.78, 5) is 72.9. The highest BCUT2D eigenvalue weighted by atomic mass is 31.2. The molecule has 0 aromatic rings. The minimum Gasteiger partial charge on any atom is -0.462 e. The first-order chi connectivity index (χ1) is 48.7. The molecule has 0 amide bonds. The third-order valence-corrected chi connectivity index (χ3v) is 18.7. The average Bonchev–Trinajstić information content (AvgIpc) is 1.13. The van der Waals surface area contributed by atoms with Gasteiger partial charge in [-0.15, -0.1) is 0 Å². The summed E-state index contributed by atoms with van der Waals surface area (Å²) in [7, 11) is -9.97. The van der Waals surface area contributed by atoms with Crippen molar-refractivity contribution < 1.29 is 80.2 Å². The third kappa shape index (κ3) is 72.6. The number of phosphoric ester groups is 2. The van der Waals surface area contributed by atoms with Gasteiger partial charge in [-0.25, -0.2) is 9.13 Å². The lowest BCUT2D eigenvalue weighted by Gasteiger charge is -2.21. The summed E-state index contributed by atoms with van der Waals surface area (Å²) in [6.07, 6.45) is 75.7. The largest absolute Gasteiger partial charge is 0.472 e. The topological polar surface area (TPSA) is 237 Å². The van der Waals surface area contributed by atoms with Gasteiger partial charge in [-0.1, -0.05) is 267 Å². The Labute approximate surface area is 608 Å². The second-order valence-electron chi connectivity index (χ2n) is 26.6. The van der Waals surface area contributed by atoms with Crippen LogP contribution in [0.1, 0.15) is 349 Å². The fourth-order valence-electron chi connectivity index (χ4n) is 10.7. The number of phosphoric acid groups is 2. The predicted octanol–water partition coefficient (Wildman–Crippen LogP) is 23.0. The van der Waals surface area contributed by atoms with Gasteiger partial charge in [0.05, 0.1) is 26.4 Å². The van der Waals surface area contributed by atoms with Gasteiger partial charge < -0.3 is 33.8 Å². The van der Waals surface area contributed by atoms with Crippen LogP contribution in [0.3, 0.4) is 0 Å². The van der Waals surface area contributed by atoms with E-state index < -0.39 is 97.5 Å². The molecule has 3 N–H and O–H groups in total. The molecule has 0 spiro atoms. The smallest absolute Gasteiger partial charge is 0.462 e. The van der Waals surface area contributed by atoms with Crippen molar-refractivity contribution in [3.8, 4) is 0 Å². The fraction of sp³-hybridized carbons (Fsp3) is 0.778. The van der Waals surface area contributed by atoms with Crippen LogP contribution < -0.4 is 0 Å². The number of carbonyl (C=O) groups is 4. The predicted molar refractivity (Wildman–Crippen MR) is 409 cm³/mol. The molecule has 0 saturated carbocycles. The number of aliphatic hydroxyl groups excluding tert-OH is 1. The summed E-state index contributed by atoms with van der Waals surface area (Å²) >= 11 is 0. The lowest BCUT2D eigenvalue weighted by molar-refractivity contribution is -0.161. The van der Waals surface area contributed by atoms with E-state index in [2.05, 4.69) is 101 Å². The number of aliphatic hydroxyl groups is 1. The summed E-state index contributed by atoms with van der Waals surface area (Å²) < 4.78 is 68.5. The number of carbonyl (C=O) groups excluding carboxylic acids is 4. The molecule has 0 aromatic carbocycles. The first-order valence-corrected chi connectivity index (χ1v) is 42.8. The van der Waals surface area contributed by atoms with Crippen molar-refractivity contribution in [1.82, 2.24) is 0 Å². The van der Waals surface area contributed by atoms with Crippen LogP contribution in [0.2, 0.25) is 0 Å². The molecule has 17 nitrogen and oxygen atoms in total. The Kier molecular flexibility index (Phi) is 70.8. The zero-order chi connectivity index (χ0) is 73.2. The summed E-state index contributed by atoms with van der Waals surface area (Å²) in [6.45, 7) is 4.77. The third-order valence-electron chi connectivity index (χ3n) is 16.8. The Hall–Kier alpha value is -3.76. The van der Waals surface area contributed by atoms with Crippen LogP contribution in [0.15, 0.2) is 85.1 Å². The van der Waals surface area contributed by atoms with Crippen LogP contribution in [-0.4, -0.2) is 96.7 Å². The van der Waals surface area contributed by atoms with E-state index in [0.29, 0.717) is 32.1 Å². The molecule has 0 aliphatic rings. The Morgan fingerprint density at radius 3 is 0.830 bits per heavy atom. The van der Waals surface area contributed by atoms with E-state index in [9.17, 15) is 43.2 Å². The highest BCUT2D eigenvalue weighted by molar-refractivity contribution is 7.47.